The van der Waals surface area contributed by atoms with Crippen LogP contribution in [0.25, 0.3) is 0 Å². The number of carboxylic acid groups (broad SMARTS) is 1. The van der Waals surface area contributed by atoms with Gasteiger partial charge in [0.05, 0.1) is 12.0 Å². The number of amides is 1. The lowest BCUT2D eigenvalue weighted by atomic mass is 10.1. The lowest BCUT2D eigenvalue weighted by Gasteiger charge is -2.23. The Hall–Kier alpha value is -1.59. The summed E-state index contributed by atoms with van der Waals surface area (Å²) in [4.78, 5) is 25.1. The van der Waals surface area contributed by atoms with E-state index in [9.17, 15) is 9.59 Å². The van der Waals surface area contributed by atoms with Crippen LogP contribution in [0.15, 0.2) is 24.3 Å². The zero-order chi connectivity index (χ0) is 15.4. The standard InChI is InChI=1S/C16H22N2O3.ClH/c1-11-5-3-4-6-13(11)9-17-15(19)12(2)18-8-7-14(10-18)16(20)21;/h3-6,12,14H,7-10H2,1-2H3,(H,17,19)(H,20,21);1H. The van der Waals surface area contributed by atoms with E-state index in [1.807, 2.05) is 43.0 Å². The van der Waals surface area contributed by atoms with Gasteiger partial charge in [0.25, 0.3) is 0 Å². The molecule has 122 valence electrons. The van der Waals surface area contributed by atoms with Crippen molar-refractivity contribution in [2.75, 3.05) is 13.1 Å². The van der Waals surface area contributed by atoms with Gasteiger partial charge in [-0.05, 0) is 37.9 Å². The first-order valence-electron chi connectivity index (χ1n) is 7.28. The van der Waals surface area contributed by atoms with Crippen LogP contribution in [0.2, 0.25) is 0 Å². The maximum absolute atomic E-state index is 12.2. The summed E-state index contributed by atoms with van der Waals surface area (Å²) in [5, 5.41) is 11.9. The number of aryl methyl sites for hydroxylation is 1. The topological polar surface area (TPSA) is 69.6 Å². The molecule has 1 heterocycles. The van der Waals surface area contributed by atoms with Crippen LogP contribution in [-0.4, -0.2) is 41.0 Å². The van der Waals surface area contributed by atoms with Gasteiger partial charge in [-0.15, -0.1) is 12.4 Å². The van der Waals surface area contributed by atoms with E-state index in [1.165, 1.54) is 0 Å². The Morgan fingerprint density at radius 2 is 2.09 bits per heavy atom. The predicted molar refractivity (Wildman–Crippen MR) is 87.1 cm³/mol. The van der Waals surface area contributed by atoms with E-state index >= 15 is 0 Å². The zero-order valence-corrected chi connectivity index (χ0v) is 13.7. The van der Waals surface area contributed by atoms with Crippen LogP contribution < -0.4 is 5.32 Å². The number of halogens is 1. The van der Waals surface area contributed by atoms with Crippen LogP contribution in [0, 0.1) is 12.8 Å². The van der Waals surface area contributed by atoms with Crippen molar-refractivity contribution < 1.29 is 14.7 Å². The number of likely N-dealkylation sites (tertiary alicyclic amines) is 1. The smallest absolute Gasteiger partial charge is 0.307 e. The van der Waals surface area contributed by atoms with E-state index < -0.39 is 5.97 Å². The Morgan fingerprint density at radius 1 is 1.41 bits per heavy atom. The molecule has 1 aromatic carbocycles. The van der Waals surface area contributed by atoms with Gasteiger partial charge in [0, 0.05) is 13.1 Å². The van der Waals surface area contributed by atoms with Crippen LogP contribution in [-0.2, 0) is 16.1 Å². The van der Waals surface area contributed by atoms with E-state index in [0.29, 0.717) is 26.1 Å². The summed E-state index contributed by atoms with van der Waals surface area (Å²) in [5.41, 5.74) is 2.25. The Morgan fingerprint density at radius 3 is 2.68 bits per heavy atom. The Bertz CT molecular complexity index is 536. The first-order valence-corrected chi connectivity index (χ1v) is 7.28. The molecule has 2 atom stereocenters. The second kappa shape index (κ2) is 8.15. The molecule has 1 saturated heterocycles. The highest BCUT2D eigenvalue weighted by Crippen LogP contribution is 2.19. The van der Waals surface area contributed by atoms with Crippen molar-refractivity contribution in [3.8, 4) is 0 Å². The van der Waals surface area contributed by atoms with Crippen molar-refractivity contribution in [1.82, 2.24) is 10.2 Å². The molecule has 1 aliphatic heterocycles. The van der Waals surface area contributed by atoms with Gasteiger partial charge < -0.3 is 10.4 Å². The number of nitrogens with zero attached hydrogens (tertiary/aromatic N) is 1. The van der Waals surface area contributed by atoms with Crippen LogP contribution in [0.1, 0.15) is 24.5 Å². The lowest BCUT2D eigenvalue weighted by molar-refractivity contribution is -0.141. The second-order valence-corrected chi connectivity index (χ2v) is 5.64. The van der Waals surface area contributed by atoms with Crippen molar-refractivity contribution in [3.63, 3.8) is 0 Å². The summed E-state index contributed by atoms with van der Waals surface area (Å²) in [6, 6.07) is 7.65. The summed E-state index contributed by atoms with van der Waals surface area (Å²) < 4.78 is 0. The molecule has 2 rings (SSSR count). The molecular formula is C16H23ClN2O3. The molecule has 0 saturated carbocycles. The molecule has 2 unspecified atom stereocenters. The molecule has 1 fully saturated rings. The van der Waals surface area contributed by atoms with Gasteiger partial charge in [-0.2, -0.15) is 0 Å². The Kier molecular flexibility index (Phi) is 6.84. The van der Waals surface area contributed by atoms with Crippen LogP contribution in [0.3, 0.4) is 0 Å². The highest BCUT2D eigenvalue weighted by molar-refractivity contribution is 5.85. The van der Waals surface area contributed by atoms with E-state index in [-0.39, 0.29) is 30.3 Å². The molecule has 6 heteroatoms. The van der Waals surface area contributed by atoms with Crippen LogP contribution in [0.5, 0.6) is 0 Å². The molecule has 22 heavy (non-hydrogen) atoms. The minimum absolute atomic E-state index is 0. The molecule has 1 aliphatic rings. The quantitative estimate of drug-likeness (QED) is 0.866. The first kappa shape index (κ1) is 18.5. The largest absolute Gasteiger partial charge is 0.481 e. The fraction of sp³-hybridized carbons (Fsp3) is 0.500. The molecule has 1 aromatic rings. The minimum atomic E-state index is -0.773. The third-order valence-electron chi connectivity index (χ3n) is 4.21. The number of hydrogen-bond donors (Lipinski definition) is 2. The average Bonchev–Trinajstić information content (AvgIpc) is 2.95. The lowest BCUT2D eigenvalue weighted by Crippen LogP contribution is -2.44. The third-order valence-corrected chi connectivity index (χ3v) is 4.21. The van der Waals surface area contributed by atoms with Gasteiger partial charge in [-0.25, -0.2) is 0 Å². The molecule has 0 aliphatic carbocycles. The summed E-state index contributed by atoms with van der Waals surface area (Å²) >= 11 is 0. The van der Waals surface area contributed by atoms with Crippen LogP contribution in [0.4, 0.5) is 0 Å². The van der Waals surface area contributed by atoms with Crippen molar-refractivity contribution in [2.24, 2.45) is 5.92 Å². The minimum Gasteiger partial charge on any atom is -0.481 e. The number of carbonyl (C=O) groups excluding carboxylic acids is 1. The van der Waals surface area contributed by atoms with Gasteiger partial charge >= 0.3 is 5.97 Å². The Balaban J connectivity index is 0.00000242. The SMILES string of the molecule is Cc1ccccc1CNC(=O)C(C)N1CCC(C(=O)O)C1.Cl. The number of carbonyl (C=O) groups is 2. The van der Waals surface area contributed by atoms with E-state index in [0.717, 1.165) is 11.1 Å². The maximum Gasteiger partial charge on any atom is 0.307 e. The van der Waals surface area contributed by atoms with Crippen molar-refractivity contribution in [1.29, 1.82) is 0 Å². The Labute approximate surface area is 137 Å². The summed E-state index contributed by atoms with van der Waals surface area (Å²) in [6.07, 6.45) is 0.616. The summed E-state index contributed by atoms with van der Waals surface area (Å²) in [6.45, 7) is 5.47. The molecule has 0 spiro atoms. The van der Waals surface area contributed by atoms with Gasteiger partial charge in [-0.1, -0.05) is 24.3 Å². The molecule has 1 amide bonds. The van der Waals surface area contributed by atoms with E-state index in [1.54, 1.807) is 0 Å². The molecule has 0 aromatic heterocycles. The van der Waals surface area contributed by atoms with Crippen molar-refractivity contribution in [2.45, 2.75) is 32.9 Å². The normalized spacial score (nSPS) is 19.3. The van der Waals surface area contributed by atoms with Gasteiger partial charge in [0.1, 0.15) is 0 Å². The zero-order valence-electron chi connectivity index (χ0n) is 12.9. The maximum atomic E-state index is 12.2. The number of rotatable bonds is 5. The fourth-order valence-electron chi connectivity index (χ4n) is 2.64. The first-order chi connectivity index (χ1) is 9.99. The third kappa shape index (κ3) is 4.45. The van der Waals surface area contributed by atoms with Crippen LogP contribution >= 0.6 is 12.4 Å². The van der Waals surface area contributed by atoms with Gasteiger partial charge in [0.15, 0.2) is 0 Å². The molecule has 5 nitrogen and oxygen atoms in total. The second-order valence-electron chi connectivity index (χ2n) is 5.64. The number of carboxylic acids is 1. The molecule has 0 radical (unpaired) electrons. The highest BCUT2D eigenvalue weighted by atomic mass is 35.5. The van der Waals surface area contributed by atoms with E-state index in [2.05, 4.69) is 5.32 Å². The highest BCUT2D eigenvalue weighted by Gasteiger charge is 2.32. The molecule has 2 N–H and O–H groups in total. The molecule has 0 bridgehead atoms. The number of aliphatic carboxylic acids is 1. The molecular weight excluding hydrogens is 304 g/mol. The summed E-state index contributed by atoms with van der Waals surface area (Å²) in [7, 11) is 0. The average molecular weight is 327 g/mol. The fourth-order valence-corrected chi connectivity index (χ4v) is 2.64. The van der Waals surface area contributed by atoms with Gasteiger partial charge in [0.2, 0.25) is 5.91 Å². The van der Waals surface area contributed by atoms with Crippen molar-refractivity contribution >= 4 is 24.3 Å². The monoisotopic (exact) mass is 326 g/mol. The predicted octanol–water partition coefficient (Wildman–Crippen LogP) is 1.83. The summed E-state index contributed by atoms with van der Waals surface area (Å²) in [5.74, 6) is -1.18. The number of hydrogen-bond acceptors (Lipinski definition) is 3. The van der Waals surface area contributed by atoms with Gasteiger partial charge in [-0.3, -0.25) is 14.5 Å². The van der Waals surface area contributed by atoms with E-state index in [4.69, 9.17) is 5.11 Å². The number of nitrogens with one attached hydrogen (secondary N) is 1. The number of benzene rings is 1. The van der Waals surface area contributed by atoms with Crippen molar-refractivity contribution in [3.05, 3.63) is 35.4 Å².